The average molecular weight is 260 g/mol. The Labute approximate surface area is 107 Å². The van der Waals surface area contributed by atoms with E-state index in [1.165, 1.54) is 0 Å². The maximum Gasteiger partial charge on any atom is 0.369 e. The quantitative estimate of drug-likeness (QED) is 0.302. The topological polar surface area (TPSA) is 71.1 Å². The predicted octanol–water partition coefficient (Wildman–Crippen LogP) is 2.09. The van der Waals surface area contributed by atoms with Crippen molar-refractivity contribution in [3.8, 4) is 0 Å². The molecule has 6 nitrogen and oxygen atoms in total. The van der Waals surface area contributed by atoms with Gasteiger partial charge in [-0.1, -0.05) is 6.92 Å². The van der Waals surface area contributed by atoms with E-state index in [0.717, 1.165) is 12.2 Å². The number of carbonyl (C=O) groups excluding carboxylic acids is 2. The van der Waals surface area contributed by atoms with Crippen molar-refractivity contribution in [2.75, 3.05) is 0 Å². The second-order valence-corrected chi connectivity index (χ2v) is 4.49. The SMILES string of the molecule is CCC(C)(C)OOOC(=O)C=CC(=O)OC(C)C. The van der Waals surface area contributed by atoms with E-state index in [1.54, 1.807) is 27.7 Å². The summed E-state index contributed by atoms with van der Waals surface area (Å²) >= 11 is 0. The Bertz CT molecular complexity index is 306. The van der Waals surface area contributed by atoms with E-state index < -0.39 is 17.5 Å². The van der Waals surface area contributed by atoms with Crippen LogP contribution in [0.1, 0.15) is 41.0 Å². The molecule has 0 N–H and O–H groups in total. The van der Waals surface area contributed by atoms with Gasteiger partial charge in [0.05, 0.1) is 6.10 Å². The van der Waals surface area contributed by atoms with Crippen LogP contribution in [0, 0.1) is 0 Å². The molecule has 0 aliphatic rings. The molecule has 6 heteroatoms. The summed E-state index contributed by atoms with van der Waals surface area (Å²) < 4.78 is 4.77. The van der Waals surface area contributed by atoms with E-state index >= 15 is 0 Å². The molecule has 0 aromatic heterocycles. The Morgan fingerprint density at radius 3 is 2.22 bits per heavy atom. The molecule has 0 rings (SSSR count). The van der Waals surface area contributed by atoms with Gasteiger partial charge in [-0.3, -0.25) is 4.89 Å². The Balaban J connectivity index is 3.91. The summed E-state index contributed by atoms with van der Waals surface area (Å²) in [6.07, 6.45) is 2.29. The van der Waals surface area contributed by atoms with E-state index in [0.29, 0.717) is 6.42 Å². The number of rotatable bonds is 7. The highest BCUT2D eigenvalue weighted by Gasteiger charge is 2.18. The number of esters is 1. The molecule has 0 aromatic carbocycles. The molecular formula is C12H20O6. The van der Waals surface area contributed by atoms with Crippen LogP contribution >= 0.6 is 0 Å². The molecular weight excluding hydrogens is 240 g/mol. The van der Waals surface area contributed by atoms with Gasteiger partial charge in [-0.15, -0.1) is 0 Å². The zero-order valence-corrected chi connectivity index (χ0v) is 11.4. The Morgan fingerprint density at radius 1 is 1.17 bits per heavy atom. The van der Waals surface area contributed by atoms with Crippen LogP contribution in [0.5, 0.6) is 0 Å². The van der Waals surface area contributed by atoms with Crippen LogP contribution in [0.3, 0.4) is 0 Å². The standard InChI is InChI=1S/C12H20O6/c1-6-12(4,5)17-18-16-11(14)8-7-10(13)15-9(2)3/h7-9H,6H2,1-5H3. The van der Waals surface area contributed by atoms with E-state index in [9.17, 15) is 9.59 Å². The fourth-order valence-electron chi connectivity index (χ4n) is 0.637. The third-order valence-electron chi connectivity index (χ3n) is 1.93. The molecule has 0 spiro atoms. The van der Waals surface area contributed by atoms with Crippen LogP contribution < -0.4 is 0 Å². The van der Waals surface area contributed by atoms with Gasteiger partial charge in [-0.25, -0.2) is 9.59 Å². The van der Waals surface area contributed by atoms with Gasteiger partial charge in [0, 0.05) is 12.2 Å². The van der Waals surface area contributed by atoms with Gasteiger partial charge in [-0.05, 0) is 39.2 Å². The highest BCUT2D eigenvalue weighted by molar-refractivity contribution is 5.91. The molecule has 0 radical (unpaired) electrons. The highest BCUT2D eigenvalue weighted by Crippen LogP contribution is 2.13. The van der Waals surface area contributed by atoms with Gasteiger partial charge in [0.1, 0.15) is 5.60 Å². The molecule has 0 unspecified atom stereocenters. The predicted molar refractivity (Wildman–Crippen MR) is 63.0 cm³/mol. The molecule has 104 valence electrons. The van der Waals surface area contributed by atoms with Crippen LogP contribution in [0.15, 0.2) is 12.2 Å². The molecule has 0 aliphatic heterocycles. The second-order valence-electron chi connectivity index (χ2n) is 4.49. The fourth-order valence-corrected chi connectivity index (χ4v) is 0.637. The second kappa shape index (κ2) is 7.84. The van der Waals surface area contributed by atoms with Crippen molar-refractivity contribution in [1.82, 2.24) is 0 Å². The van der Waals surface area contributed by atoms with Crippen molar-refractivity contribution in [3.05, 3.63) is 12.2 Å². The largest absolute Gasteiger partial charge is 0.460 e. The summed E-state index contributed by atoms with van der Waals surface area (Å²) in [5, 5.41) is 4.31. The molecule has 0 aromatic rings. The molecule has 0 atom stereocenters. The van der Waals surface area contributed by atoms with Crippen molar-refractivity contribution in [2.45, 2.75) is 52.7 Å². The molecule has 0 saturated heterocycles. The first-order chi connectivity index (χ1) is 8.26. The van der Waals surface area contributed by atoms with Gasteiger partial charge in [0.2, 0.25) is 0 Å². The summed E-state index contributed by atoms with van der Waals surface area (Å²) in [4.78, 5) is 31.2. The maximum absolute atomic E-state index is 11.1. The van der Waals surface area contributed by atoms with E-state index in [4.69, 9.17) is 9.62 Å². The summed E-state index contributed by atoms with van der Waals surface area (Å²) in [5.41, 5.74) is -0.555. The lowest BCUT2D eigenvalue weighted by atomic mass is 10.1. The monoisotopic (exact) mass is 260 g/mol. The minimum Gasteiger partial charge on any atom is -0.460 e. The van der Waals surface area contributed by atoms with Crippen molar-refractivity contribution in [1.29, 1.82) is 0 Å². The van der Waals surface area contributed by atoms with Crippen molar-refractivity contribution >= 4 is 11.9 Å². The first-order valence-electron chi connectivity index (χ1n) is 5.72. The van der Waals surface area contributed by atoms with E-state index in [-0.39, 0.29) is 6.10 Å². The first-order valence-corrected chi connectivity index (χ1v) is 5.72. The zero-order valence-electron chi connectivity index (χ0n) is 11.4. The summed E-state index contributed by atoms with van der Waals surface area (Å²) in [7, 11) is 0. The van der Waals surface area contributed by atoms with Crippen LogP contribution in [0.2, 0.25) is 0 Å². The minimum absolute atomic E-state index is 0.247. The van der Waals surface area contributed by atoms with Gasteiger partial charge in [-0.2, -0.15) is 4.89 Å². The van der Waals surface area contributed by atoms with Gasteiger partial charge in [0.15, 0.2) is 0 Å². The number of hydrogen-bond acceptors (Lipinski definition) is 6. The average Bonchev–Trinajstić information content (AvgIpc) is 2.25. The van der Waals surface area contributed by atoms with Crippen LogP contribution in [0.4, 0.5) is 0 Å². The minimum atomic E-state index is -0.859. The molecule has 18 heavy (non-hydrogen) atoms. The maximum atomic E-state index is 11.1. The molecule has 0 aliphatic carbocycles. The van der Waals surface area contributed by atoms with Crippen molar-refractivity contribution in [3.63, 3.8) is 0 Å². The first kappa shape index (κ1) is 16.6. The van der Waals surface area contributed by atoms with Gasteiger partial charge >= 0.3 is 11.9 Å². The molecule has 0 bridgehead atoms. The lowest BCUT2D eigenvalue weighted by Crippen LogP contribution is -2.24. The van der Waals surface area contributed by atoms with Crippen LogP contribution in [-0.4, -0.2) is 23.6 Å². The van der Waals surface area contributed by atoms with Crippen LogP contribution in [-0.2, 0) is 29.1 Å². The Kier molecular flexibility index (Phi) is 7.23. The molecule has 0 fully saturated rings. The van der Waals surface area contributed by atoms with Crippen molar-refractivity contribution in [2.24, 2.45) is 0 Å². The number of ether oxygens (including phenoxy) is 1. The van der Waals surface area contributed by atoms with E-state index in [1.807, 2.05) is 6.92 Å². The summed E-state index contributed by atoms with van der Waals surface area (Å²) in [6.45, 7) is 8.85. The van der Waals surface area contributed by atoms with Gasteiger partial charge in [0.25, 0.3) is 0 Å². The number of carbonyl (C=O) groups is 2. The molecule has 0 saturated carbocycles. The lowest BCUT2D eigenvalue weighted by molar-refractivity contribution is -0.515. The summed E-state index contributed by atoms with van der Waals surface area (Å²) in [6, 6.07) is 0. The normalized spacial score (nSPS) is 11.9. The van der Waals surface area contributed by atoms with Crippen LogP contribution in [0.25, 0.3) is 0 Å². The Morgan fingerprint density at radius 2 is 1.72 bits per heavy atom. The lowest BCUT2D eigenvalue weighted by Gasteiger charge is -2.19. The third kappa shape index (κ3) is 8.72. The van der Waals surface area contributed by atoms with Crippen molar-refractivity contribution < 1.29 is 29.1 Å². The van der Waals surface area contributed by atoms with Gasteiger partial charge < -0.3 is 4.74 Å². The fraction of sp³-hybridized carbons (Fsp3) is 0.667. The molecule has 0 amide bonds. The smallest absolute Gasteiger partial charge is 0.369 e. The van der Waals surface area contributed by atoms with E-state index in [2.05, 4.69) is 9.93 Å². The highest BCUT2D eigenvalue weighted by atomic mass is 17.5. The molecule has 0 heterocycles. The zero-order chi connectivity index (χ0) is 14.2. The summed E-state index contributed by atoms with van der Waals surface area (Å²) in [5.74, 6) is -1.49. The number of hydrogen-bond donors (Lipinski definition) is 0. The third-order valence-corrected chi connectivity index (χ3v) is 1.93. The Hall–Kier alpha value is -1.40.